The zero-order valence-corrected chi connectivity index (χ0v) is 14.9. The Morgan fingerprint density at radius 1 is 1.32 bits per heavy atom. The van der Waals surface area contributed by atoms with Crippen LogP contribution in [-0.2, 0) is 19.5 Å². The predicted molar refractivity (Wildman–Crippen MR) is 99.6 cm³/mol. The van der Waals surface area contributed by atoms with Gasteiger partial charge in [0, 0.05) is 48.4 Å². The number of rotatable bonds is 3. The summed E-state index contributed by atoms with van der Waals surface area (Å²) in [7, 11) is 0. The second kappa shape index (κ2) is 6.59. The number of hydrogen-bond donors (Lipinski definition) is 2. The summed E-state index contributed by atoms with van der Waals surface area (Å²) < 4.78 is 0.542. The van der Waals surface area contributed by atoms with Crippen LogP contribution in [0.5, 0.6) is 0 Å². The summed E-state index contributed by atoms with van der Waals surface area (Å²) in [5.41, 5.74) is 8.78. The minimum atomic E-state index is -0.0798. The average molecular weight is 374 g/mol. The highest BCUT2D eigenvalue weighted by Gasteiger charge is 2.22. The first-order valence-corrected chi connectivity index (χ1v) is 9.08. The fourth-order valence-electron chi connectivity index (χ4n) is 2.97. The molecule has 3 heterocycles. The van der Waals surface area contributed by atoms with Crippen molar-refractivity contribution in [2.75, 3.05) is 12.3 Å². The lowest BCUT2D eigenvalue weighted by atomic mass is 10.1. The fraction of sp³-hybridized carbons (Fsp3) is 0.235. The first-order valence-electron chi connectivity index (χ1n) is 7.89. The molecule has 0 saturated heterocycles. The molecule has 0 aliphatic carbocycles. The number of nitrogen functional groups attached to an aromatic ring is 1. The number of aromatic amines is 1. The number of hydrogen-bond acceptors (Lipinski definition) is 6. The van der Waals surface area contributed by atoms with Gasteiger partial charge in [0.1, 0.15) is 5.82 Å². The highest BCUT2D eigenvalue weighted by molar-refractivity contribution is 7.15. The number of benzene rings is 1. The molecular weight excluding hydrogens is 358 g/mol. The second-order valence-corrected chi connectivity index (χ2v) is 7.70. The minimum absolute atomic E-state index is 0.0798. The fourth-order valence-corrected chi connectivity index (χ4v) is 3.99. The van der Waals surface area contributed by atoms with E-state index in [0.29, 0.717) is 22.5 Å². The van der Waals surface area contributed by atoms with E-state index in [9.17, 15) is 4.79 Å². The van der Waals surface area contributed by atoms with Gasteiger partial charge < -0.3 is 10.7 Å². The number of nitrogens with two attached hydrogens (primary N) is 1. The molecule has 0 spiro atoms. The second-order valence-electron chi connectivity index (χ2n) is 6.00. The van der Waals surface area contributed by atoms with Gasteiger partial charge in [0.05, 0.1) is 11.3 Å². The van der Waals surface area contributed by atoms with E-state index in [2.05, 4.69) is 19.9 Å². The Morgan fingerprint density at radius 3 is 2.84 bits per heavy atom. The summed E-state index contributed by atoms with van der Waals surface area (Å²) in [6.07, 6.45) is 2.53. The van der Waals surface area contributed by atoms with Crippen molar-refractivity contribution in [3.8, 4) is 11.4 Å². The van der Waals surface area contributed by atoms with Crippen LogP contribution >= 0.6 is 22.9 Å². The van der Waals surface area contributed by atoms with Crippen molar-refractivity contribution in [1.82, 2.24) is 19.9 Å². The van der Waals surface area contributed by atoms with Gasteiger partial charge in [-0.05, 0) is 24.3 Å². The standard InChI is InChI=1S/C17H16ClN5OS/c18-17-20-7-12(25-17)8-23-6-5-14-13(9-23)16(24)22-15(21-14)10-1-3-11(19)4-2-10/h1-4,7H,5-6,8-9,19H2,(H,21,22,24). The molecule has 2 aromatic heterocycles. The lowest BCUT2D eigenvalue weighted by molar-refractivity contribution is 0.244. The molecule has 3 N–H and O–H groups in total. The van der Waals surface area contributed by atoms with E-state index in [1.807, 2.05) is 12.1 Å². The summed E-state index contributed by atoms with van der Waals surface area (Å²) in [4.78, 5) is 27.5. The Morgan fingerprint density at radius 2 is 2.12 bits per heavy atom. The van der Waals surface area contributed by atoms with Crippen LogP contribution in [0.25, 0.3) is 11.4 Å². The quantitative estimate of drug-likeness (QED) is 0.689. The normalized spacial score (nSPS) is 14.4. The van der Waals surface area contributed by atoms with E-state index in [1.54, 1.807) is 18.3 Å². The van der Waals surface area contributed by atoms with E-state index in [-0.39, 0.29) is 5.56 Å². The van der Waals surface area contributed by atoms with Crippen LogP contribution in [0, 0.1) is 0 Å². The molecule has 3 aromatic rings. The molecule has 0 fully saturated rings. The Kier molecular flexibility index (Phi) is 4.29. The van der Waals surface area contributed by atoms with E-state index in [1.165, 1.54) is 11.3 Å². The van der Waals surface area contributed by atoms with Crippen LogP contribution in [-0.4, -0.2) is 26.4 Å². The highest BCUT2D eigenvalue weighted by atomic mass is 35.5. The SMILES string of the molecule is Nc1ccc(-c2nc3c(c(=O)[nH]2)CN(Cc2cnc(Cl)s2)CC3)cc1. The molecule has 8 heteroatoms. The molecule has 0 amide bonds. The number of nitrogens with zero attached hydrogens (tertiary/aromatic N) is 3. The van der Waals surface area contributed by atoms with Crippen molar-refractivity contribution in [2.45, 2.75) is 19.5 Å². The predicted octanol–water partition coefficient (Wildman–Crippen LogP) is 2.69. The van der Waals surface area contributed by atoms with Crippen molar-refractivity contribution in [3.05, 3.63) is 61.4 Å². The van der Waals surface area contributed by atoms with Crippen LogP contribution in [0.3, 0.4) is 0 Å². The molecule has 6 nitrogen and oxygen atoms in total. The van der Waals surface area contributed by atoms with E-state index in [0.717, 1.165) is 41.2 Å². The Hall–Kier alpha value is -2.22. The Bertz CT molecular complexity index is 966. The number of thiazole rings is 1. The third kappa shape index (κ3) is 3.44. The van der Waals surface area contributed by atoms with Gasteiger partial charge >= 0.3 is 0 Å². The van der Waals surface area contributed by atoms with Crippen LogP contribution in [0.15, 0.2) is 35.3 Å². The van der Waals surface area contributed by atoms with E-state index < -0.39 is 0 Å². The molecule has 128 valence electrons. The van der Waals surface area contributed by atoms with Crippen molar-refractivity contribution < 1.29 is 0 Å². The van der Waals surface area contributed by atoms with Crippen LogP contribution < -0.4 is 11.3 Å². The largest absolute Gasteiger partial charge is 0.399 e. The van der Waals surface area contributed by atoms with E-state index >= 15 is 0 Å². The molecule has 1 aliphatic heterocycles. The Labute approximate surface area is 153 Å². The first kappa shape index (κ1) is 16.3. The third-order valence-electron chi connectivity index (χ3n) is 4.24. The zero-order valence-electron chi connectivity index (χ0n) is 13.3. The lowest BCUT2D eigenvalue weighted by Crippen LogP contribution is -2.35. The van der Waals surface area contributed by atoms with Gasteiger partial charge in [-0.2, -0.15) is 0 Å². The number of fused-ring (bicyclic) bond motifs is 1. The summed E-state index contributed by atoms with van der Waals surface area (Å²) in [5, 5.41) is 0. The molecule has 1 aliphatic rings. The number of halogens is 1. The summed E-state index contributed by atoms with van der Waals surface area (Å²) in [6.45, 7) is 2.17. The van der Waals surface area contributed by atoms with Gasteiger partial charge in [0.25, 0.3) is 5.56 Å². The van der Waals surface area contributed by atoms with Crippen molar-refractivity contribution in [3.63, 3.8) is 0 Å². The number of nitrogens with one attached hydrogen (secondary N) is 1. The molecule has 25 heavy (non-hydrogen) atoms. The smallest absolute Gasteiger partial charge is 0.255 e. The molecule has 0 atom stereocenters. The molecule has 4 rings (SSSR count). The monoisotopic (exact) mass is 373 g/mol. The molecule has 1 aromatic carbocycles. The van der Waals surface area contributed by atoms with Gasteiger partial charge in [-0.25, -0.2) is 9.97 Å². The number of anilines is 1. The lowest BCUT2D eigenvalue weighted by Gasteiger charge is -2.27. The molecule has 0 radical (unpaired) electrons. The summed E-state index contributed by atoms with van der Waals surface area (Å²) in [6, 6.07) is 7.33. The van der Waals surface area contributed by atoms with Gasteiger partial charge in [0.15, 0.2) is 4.47 Å². The maximum atomic E-state index is 12.5. The molecule has 0 saturated carbocycles. The minimum Gasteiger partial charge on any atom is -0.399 e. The van der Waals surface area contributed by atoms with Gasteiger partial charge in [0.2, 0.25) is 0 Å². The Balaban J connectivity index is 1.59. The van der Waals surface area contributed by atoms with Gasteiger partial charge in [-0.3, -0.25) is 9.69 Å². The van der Waals surface area contributed by atoms with Crippen LogP contribution in [0.2, 0.25) is 4.47 Å². The van der Waals surface area contributed by atoms with Crippen LogP contribution in [0.1, 0.15) is 16.1 Å². The van der Waals surface area contributed by atoms with Crippen molar-refractivity contribution in [2.24, 2.45) is 0 Å². The van der Waals surface area contributed by atoms with Gasteiger partial charge in [-0.15, -0.1) is 11.3 Å². The number of aromatic nitrogens is 3. The summed E-state index contributed by atoms with van der Waals surface area (Å²) >= 11 is 7.35. The van der Waals surface area contributed by atoms with Crippen molar-refractivity contribution >= 4 is 28.6 Å². The topological polar surface area (TPSA) is 87.9 Å². The maximum Gasteiger partial charge on any atom is 0.255 e. The maximum absolute atomic E-state index is 12.5. The highest BCUT2D eigenvalue weighted by Crippen LogP contribution is 2.23. The molecule has 0 unspecified atom stereocenters. The van der Waals surface area contributed by atoms with Crippen molar-refractivity contribution in [1.29, 1.82) is 0 Å². The summed E-state index contributed by atoms with van der Waals surface area (Å²) in [5.74, 6) is 0.589. The van der Waals surface area contributed by atoms with E-state index in [4.69, 9.17) is 17.3 Å². The molecular formula is C17H16ClN5OS. The molecule has 0 bridgehead atoms. The van der Waals surface area contributed by atoms with Gasteiger partial charge in [-0.1, -0.05) is 11.6 Å². The zero-order chi connectivity index (χ0) is 17.4. The first-order chi connectivity index (χ1) is 12.1. The average Bonchev–Trinajstić information content (AvgIpc) is 3.01. The van der Waals surface area contributed by atoms with Crippen LogP contribution in [0.4, 0.5) is 5.69 Å². The third-order valence-corrected chi connectivity index (χ3v) is 5.34. The number of H-pyrrole nitrogens is 1.